The lowest BCUT2D eigenvalue weighted by Gasteiger charge is -2.15. The molecule has 1 aromatic heterocycles. The Kier molecular flexibility index (Phi) is 5.89. The number of imide groups is 1. The number of aryl methyl sites for hydroxylation is 1. The monoisotopic (exact) mass is 429 g/mol. The molecule has 2 heterocycles. The standard InChI is InChI=1S/C25H23N3O4/c1-16-7-4-5-9-19(16)27-23-22(18-10-11-20(31-2)21(13-18)32-3)24(29)28(25(23)30)15-17-8-6-12-26-14-17/h4-14,27H,15H2,1-3H3. The highest BCUT2D eigenvalue weighted by atomic mass is 16.5. The molecule has 32 heavy (non-hydrogen) atoms. The van der Waals surface area contributed by atoms with Crippen LogP contribution in [0.25, 0.3) is 5.57 Å². The maximum Gasteiger partial charge on any atom is 0.278 e. The van der Waals surface area contributed by atoms with Crippen molar-refractivity contribution in [3.05, 3.63) is 89.4 Å². The highest BCUT2D eigenvalue weighted by Crippen LogP contribution is 2.36. The van der Waals surface area contributed by atoms with E-state index in [1.165, 1.54) is 12.0 Å². The van der Waals surface area contributed by atoms with Gasteiger partial charge < -0.3 is 14.8 Å². The maximum absolute atomic E-state index is 13.5. The number of rotatable bonds is 7. The molecule has 0 spiro atoms. The Morgan fingerprint density at radius 3 is 2.41 bits per heavy atom. The zero-order valence-corrected chi connectivity index (χ0v) is 18.1. The third-order valence-corrected chi connectivity index (χ3v) is 5.31. The van der Waals surface area contributed by atoms with Crippen molar-refractivity contribution in [1.29, 1.82) is 0 Å². The minimum atomic E-state index is -0.396. The van der Waals surface area contributed by atoms with Crippen molar-refractivity contribution in [2.45, 2.75) is 13.5 Å². The highest BCUT2D eigenvalue weighted by molar-refractivity contribution is 6.36. The summed E-state index contributed by atoms with van der Waals surface area (Å²) in [5.41, 5.74) is 3.54. The lowest BCUT2D eigenvalue weighted by atomic mass is 10.0. The minimum Gasteiger partial charge on any atom is -0.493 e. The molecular formula is C25H23N3O4. The van der Waals surface area contributed by atoms with Gasteiger partial charge in [0.15, 0.2) is 11.5 Å². The first kappa shape index (κ1) is 21.1. The molecule has 1 N–H and O–H groups in total. The van der Waals surface area contributed by atoms with Crippen LogP contribution in [0.15, 0.2) is 72.7 Å². The van der Waals surface area contributed by atoms with Crippen LogP contribution in [-0.2, 0) is 16.1 Å². The number of amides is 2. The summed E-state index contributed by atoms with van der Waals surface area (Å²) in [7, 11) is 3.07. The SMILES string of the molecule is COc1ccc(C2=C(Nc3ccccc3C)C(=O)N(Cc3cccnc3)C2=O)cc1OC. The van der Waals surface area contributed by atoms with E-state index in [-0.39, 0.29) is 23.7 Å². The first-order valence-electron chi connectivity index (χ1n) is 10.1. The van der Waals surface area contributed by atoms with E-state index >= 15 is 0 Å². The van der Waals surface area contributed by atoms with Gasteiger partial charge in [-0.05, 0) is 47.9 Å². The quantitative estimate of drug-likeness (QED) is 0.576. The molecule has 0 aliphatic carbocycles. The number of ether oxygens (including phenoxy) is 2. The number of hydrogen-bond acceptors (Lipinski definition) is 6. The van der Waals surface area contributed by atoms with Crippen LogP contribution >= 0.6 is 0 Å². The fourth-order valence-electron chi connectivity index (χ4n) is 3.62. The van der Waals surface area contributed by atoms with E-state index in [9.17, 15) is 9.59 Å². The van der Waals surface area contributed by atoms with E-state index in [1.54, 1.807) is 43.8 Å². The molecule has 3 aromatic rings. The topological polar surface area (TPSA) is 80.8 Å². The van der Waals surface area contributed by atoms with Gasteiger partial charge in [-0.3, -0.25) is 19.5 Å². The van der Waals surface area contributed by atoms with Crippen LogP contribution in [0.2, 0.25) is 0 Å². The molecule has 0 saturated carbocycles. The van der Waals surface area contributed by atoms with E-state index < -0.39 is 5.91 Å². The van der Waals surface area contributed by atoms with Crippen molar-refractivity contribution in [2.24, 2.45) is 0 Å². The number of methoxy groups -OCH3 is 2. The Labute approximate surface area is 186 Å². The highest BCUT2D eigenvalue weighted by Gasteiger charge is 2.39. The zero-order chi connectivity index (χ0) is 22.7. The largest absolute Gasteiger partial charge is 0.493 e. The number of nitrogens with zero attached hydrogens (tertiary/aromatic N) is 2. The van der Waals surface area contributed by atoms with Gasteiger partial charge in [-0.25, -0.2) is 0 Å². The Morgan fingerprint density at radius 2 is 1.72 bits per heavy atom. The van der Waals surface area contributed by atoms with Gasteiger partial charge in [0.05, 0.1) is 26.3 Å². The fraction of sp³-hybridized carbons (Fsp3) is 0.160. The maximum atomic E-state index is 13.5. The van der Waals surface area contributed by atoms with Gasteiger partial charge in [-0.1, -0.05) is 30.3 Å². The number of carbonyl (C=O) groups excluding carboxylic acids is 2. The third kappa shape index (κ3) is 3.92. The molecule has 1 aliphatic rings. The van der Waals surface area contributed by atoms with Gasteiger partial charge in [0, 0.05) is 18.1 Å². The molecule has 2 amide bonds. The molecule has 0 unspecified atom stereocenters. The number of hydrogen-bond donors (Lipinski definition) is 1. The average molecular weight is 429 g/mol. The lowest BCUT2D eigenvalue weighted by Crippen LogP contribution is -2.32. The molecule has 0 atom stereocenters. The molecule has 0 fully saturated rings. The summed E-state index contributed by atoms with van der Waals surface area (Å²) in [6.07, 6.45) is 3.29. The van der Waals surface area contributed by atoms with Crippen LogP contribution in [0.4, 0.5) is 5.69 Å². The van der Waals surface area contributed by atoms with Crippen molar-refractivity contribution in [3.8, 4) is 11.5 Å². The summed E-state index contributed by atoms with van der Waals surface area (Å²) < 4.78 is 10.7. The summed E-state index contributed by atoms with van der Waals surface area (Å²) >= 11 is 0. The van der Waals surface area contributed by atoms with Crippen molar-refractivity contribution in [3.63, 3.8) is 0 Å². The van der Waals surface area contributed by atoms with Crippen LogP contribution < -0.4 is 14.8 Å². The number of pyridine rings is 1. The fourth-order valence-corrected chi connectivity index (χ4v) is 3.62. The molecule has 0 saturated heterocycles. The smallest absolute Gasteiger partial charge is 0.278 e. The van der Waals surface area contributed by atoms with Crippen LogP contribution in [0, 0.1) is 6.92 Å². The molecule has 4 rings (SSSR count). The molecule has 0 radical (unpaired) electrons. The van der Waals surface area contributed by atoms with E-state index in [2.05, 4.69) is 10.3 Å². The van der Waals surface area contributed by atoms with Gasteiger partial charge >= 0.3 is 0 Å². The summed E-state index contributed by atoms with van der Waals surface area (Å²) in [5.74, 6) is 0.224. The number of anilines is 1. The van der Waals surface area contributed by atoms with E-state index in [1.807, 2.05) is 37.3 Å². The Balaban J connectivity index is 1.80. The molecule has 7 nitrogen and oxygen atoms in total. The van der Waals surface area contributed by atoms with Crippen molar-refractivity contribution in [2.75, 3.05) is 19.5 Å². The minimum absolute atomic E-state index is 0.126. The average Bonchev–Trinajstić information content (AvgIpc) is 3.05. The van der Waals surface area contributed by atoms with E-state index in [0.29, 0.717) is 17.1 Å². The van der Waals surface area contributed by atoms with Crippen molar-refractivity contribution < 1.29 is 19.1 Å². The zero-order valence-electron chi connectivity index (χ0n) is 18.1. The van der Waals surface area contributed by atoms with Crippen LogP contribution in [0.1, 0.15) is 16.7 Å². The molecule has 1 aliphatic heterocycles. The van der Waals surface area contributed by atoms with Crippen molar-refractivity contribution >= 4 is 23.1 Å². The van der Waals surface area contributed by atoms with Crippen molar-refractivity contribution in [1.82, 2.24) is 9.88 Å². The van der Waals surface area contributed by atoms with Crippen LogP contribution in [0.5, 0.6) is 11.5 Å². The van der Waals surface area contributed by atoms with Gasteiger partial charge in [0.2, 0.25) is 0 Å². The first-order chi connectivity index (χ1) is 15.5. The second kappa shape index (κ2) is 8.93. The van der Waals surface area contributed by atoms with E-state index in [0.717, 1.165) is 16.8 Å². The summed E-state index contributed by atoms with van der Waals surface area (Å²) in [5, 5.41) is 3.20. The molecule has 7 heteroatoms. The predicted molar refractivity (Wildman–Crippen MR) is 121 cm³/mol. The first-order valence-corrected chi connectivity index (χ1v) is 10.1. The summed E-state index contributed by atoms with van der Waals surface area (Å²) in [6, 6.07) is 16.4. The predicted octanol–water partition coefficient (Wildman–Crippen LogP) is 3.80. The van der Waals surface area contributed by atoms with Crippen LogP contribution in [0.3, 0.4) is 0 Å². The van der Waals surface area contributed by atoms with Gasteiger partial charge in [0.1, 0.15) is 5.70 Å². The number of carbonyl (C=O) groups is 2. The molecule has 162 valence electrons. The summed E-state index contributed by atoms with van der Waals surface area (Å²) in [6.45, 7) is 2.06. The van der Waals surface area contributed by atoms with Gasteiger partial charge in [0.25, 0.3) is 11.8 Å². The number of nitrogens with one attached hydrogen (secondary N) is 1. The van der Waals surface area contributed by atoms with Gasteiger partial charge in [-0.15, -0.1) is 0 Å². The van der Waals surface area contributed by atoms with Gasteiger partial charge in [-0.2, -0.15) is 0 Å². The second-order valence-electron chi connectivity index (χ2n) is 7.32. The molecule has 2 aromatic carbocycles. The molecular weight excluding hydrogens is 406 g/mol. The number of benzene rings is 2. The normalized spacial score (nSPS) is 13.5. The van der Waals surface area contributed by atoms with Crippen LogP contribution in [-0.4, -0.2) is 35.9 Å². The Morgan fingerprint density at radius 1 is 0.938 bits per heavy atom. The summed E-state index contributed by atoms with van der Waals surface area (Å²) in [4.78, 5) is 32.2. The Bertz CT molecular complexity index is 1200. The second-order valence-corrected chi connectivity index (χ2v) is 7.32. The van der Waals surface area contributed by atoms with E-state index in [4.69, 9.17) is 9.47 Å². The Hall–Kier alpha value is -4.13. The number of para-hydroxylation sites is 1. The number of aromatic nitrogens is 1. The lowest BCUT2D eigenvalue weighted by molar-refractivity contribution is -0.137. The molecule has 0 bridgehead atoms. The third-order valence-electron chi connectivity index (χ3n) is 5.31.